The molecule has 0 amide bonds. The van der Waals surface area contributed by atoms with Crippen LogP contribution in [0.25, 0.3) is 0 Å². The maximum absolute atomic E-state index is 12.2. The Morgan fingerprint density at radius 2 is 1.68 bits per heavy atom. The van der Waals surface area contributed by atoms with E-state index >= 15 is 0 Å². The Morgan fingerprint density at radius 1 is 1.16 bits per heavy atom. The first-order chi connectivity index (χ1) is 9.01. The summed E-state index contributed by atoms with van der Waals surface area (Å²) in [6.45, 7) is 7.85. The summed E-state index contributed by atoms with van der Waals surface area (Å²) < 4.78 is 10.2. The number of hydrogen-bond donors (Lipinski definition) is 0. The van der Waals surface area contributed by atoms with E-state index in [0.717, 1.165) is 11.1 Å². The molecule has 19 heavy (non-hydrogen) atoms. The van der Waals surface area contributed by atoms with Crippen LogP contribution in [0, 0.1) is 5.41 Å². The lowest BCUT2D eigenvalue weighted by molar-refractivity contribution is -0.171. The zero-order valence-corrected chi connectivity index (χ0v) is 12.1. The summed E-state index contributed by atoms with van der Waals surface area (Å²) in [6, 6.07) is 0. The van der Waals surface area contributed by atoms with E-state index in [1.165, 1.54) is 0 Å². The Bertz CT molecular complexity index is 400. The second kappa shape index (κ2) is 6.55. The van der Waals surface area contributed by atoms with Gasteiger partial charge in [0, 0.05) is 0 Å². The van der Waals surface area contributed by atoms with E-state index in [1.807, 2.05) is 26.0 Å². The van der Waals surface area contributed by atoms with Gasteiger partial charge in [-0.1, -0.05) is 17.7 Å². The second-order valence-corrected chi connectivity index (χ2v) is 4.68. The summed E-state index contributed by atoms with van der Waals surface area (Å²) in [5, 5.41) is 0. The van der Waals surface area contributed by atoms with Crippen molar-refractivity contribution in [3.63, 3.8) is 0 Å². The largest absolute Gasteiger partial charge is 0.465 e. The van der Waals surface area contributed by atoms with Gasteiger partial charge >= 0.3 is 11.9 Å². The van der Waals surface area contributed by atoms with Gasteiger partial charge in [0.25, 0.3) is 0 Å². The average molecular weight is 266 g/mol. The van der Waals surface area contributed by atoms with Crippen molar-refractivity contribution in [2.24, 2.45) is 5.41 Å². The van der Waals surface area contributed by atoms with Gasteiger partial charge in [-0.15, -0.1) is 0 Å². The van der Waals surface area contributed by atoms with Crippen LogP contribution in [0.4, 0.5) is 0 Å². The highest BCUT2D eigenvalue weighted by Gasteiger charge is 2.52. The molecule has 0 unspecified atom stereocenters. The maximum Gasteiger partial charge on any atom is 0.324 e. The van der Waals surface area contributed by atoms with Gasteiger partial charge in [-0.3, -0.25) is 9.59 Å². The van der Waals surface area contributed by atoms with Gasteiger partial charge in [-0.25, -0.2) is 0 Å². The minimum atomic E-state index is -1.19. The van der Waals surface area contributed by atoms with Crippen molar-refractivity contribution in [3.8, 4) is 0 Å². The fourth-order valence-corrected chi connectivity index (χ4v) is 2.42. The molecule has 0 bridgehead atoms. The molecule has 0 aliphatic heterocycles. The van der Waals surface area contributed by atoms with Crippen molar-refractivity contribution in [1.29, 1.82) is 0 Å². The molecule has 0 aromatic carbocycles. The van der Waals surface area contributed by atoms with Crippen LogP contribution in [-0.4, -0.2) is 25.2 Å². The third-order valence-electron chi connectivity index (χ3n) is 3.31. The van der Waals surface area contributed by atoms with Crippen molar-refractivity contribution in [2.75, 3.05) is 13.2 Å². The standard InChI is InChI=1S/C15H22O4/c1-5-8-12-10-15(9-11(12)4,13(16)18-6-2)14(17)19-7-3/h5,8H,6-7,9-10H2,1-4H3/b8-5+. The normalized spacial score (nSPS) is 17.9. The van der Waals surface area contributed by atoms with Crippen molar-refractivity contribution >= 4 is 11.9 Å². The van der Waals surface area contributed by atoms with E-state index in [2.05, 4.69) is 0 Å². The average Bonchev–Trinajstić information content (AvgIpc) is 2.69. The van der Waals surface area contributed by atoms with Crippen LogP contribution in [0.5, 0.6) is 0 Å². The van der Waals surface area contributed by atoms with E-state index in [4.69, 9.17) is 9.47 Å². The van der Waals surface area contributed by atoms with Gasteiger partial charge in [0.15, 0.2) is 5.41 Å². The van der Waals surface area contributed by atoms with E-state index in [0.29, 0.717) is 12.8 Å². The molecule has 106 valence electrons. The smallest absolute Gasteiger partial charge is 0.324 e. The zero-order chi connectivity index (χ0) is 14.5. The first-order valence-electron chi connectivity index (χ1n) is 6.67. The number of rotatable bonds is 5. The lowest BCUT2D eigenvalue weighted by atomic mass is 9.83. The molecule has 0 atom stereocenters. The van der Waals surface area contributed by atoms with Crippen molar-refractivity contribution in [3.05, 3.63) is 23.3 Å². The molecule has 1 rings (SSSR count). The van der Waals surface area contributed by atoms with Crippen LogP contribution in [-0.2, 0) is 19.1 Å². The molecule has 0 spiro atoms. The number of carbonyl (C=O) groups excluding carboxylic acids is 2. The van der Waals surface area contributed by atoms with E-state index in [-0.39, 0.29) is 13.2 Å². The Balaban J connectivity index is 3.05. The highest BCUT2D eigenvalue weighted by atomic mass is 16.6. The first-order valence-corrected chi connectivity index (χ1v) is 6.67. The molecule has 0 aromatic heterocycles. The number of allylic oxidation sites excluding steroid dienone is 4. The van der Waals surface area contributed by atoms with E-state index in [1.54, 1.807) is 13.8 Å². The summed E-state index contributed by atoms with van der Waals surface area (Å²) in [4.78, 5) is 24.4. The van der Waals surface area contributed by atoms with Crippen LogP contribution >= 0.6 is 0 Å². The molecule has 4 heteroatoms. The van der Waals surface area contributed by atoms with Crippen LogP contribution in [0.3, 0.4) is 0 Å². The Labute approximate surface area is 114 Å². The molecular weight excluding hydrogens is 244 g/mol. The highest BCUT2D eigenvalue weighted by Crippen LogP contribution is 2.44. The minimum absolute atomic E-state index is 0.262. The summed E-state index contributed by atoms with van der Waals surface area (Å²) in [6.07, 6.45) is 4.59. The lowest BCUT2D eigenvalue weighted by Gasteiger charge is -2.24. The van der Waals surface area contributed by atoms with Crippen molar-refractivity contribution in [1.82, 2.24) is 0 Å². The van der Waals surface area contributed by atoms with Gasteiger partial charge in [-0.05, 0) is 46.1 Å². The number of carbonyl (C=O) groups is 2. The van der Waals surface area contributed by atoms with Gasteiger partial charge in [0.2, 0.25) is 0 Å². The van der Waals surface area contributed by atoms with Crippen LogP contribution in [0.2, 0.25) is 0 Å². The molecule has 1 aliphatic rings. The Morgan fingerprint density at radius 3 is 2.11 bits per heavy atom. The summed E-state index contributed by atoms with van der Waals surface area (Å²) in [5.41, 5.74) is 0.869. The SMILES string of the molecule is C/C=C/C1=C(C)CC(C(=O)OCC)(C(=O)OCC)C1. The number of ether oxygens (including phenoxy) is 2. The number of hydrogen-bond acceptors (Lipinski definition) is 4. The third-order valence-corrected chi connectivity index (χ3v) is 3.31. The quantitative estimate of drug-likeness (QED) is 0.567. The fraction of sp³-hybridized carbons (Fsp3) is 0.600. The monoisotopic (exact) mass is 266 g/mol. The Hall–Kier alpha value is -1.58. The summed E-state index contributed by atoms with van der Waals surface area (Å²) >= 11 is 0. The van der Waals surface area contributed by atoms with Crippen LogP contribution in [0.15, 0.2) is 23.3 Å². The van der Waals surface area contributed by atoms with Crippen molar-refractivity contribution < 1.29 is 19.1 Å². The molecule has 0 radical (unpaired) electrons. The van der Waals surface area contributed by atoms with Crippen LogP contribution in [0.1, 0.15) is 40.5 Å². The summed E-state index contributed by atoms with van der Waals surface area (Å²) in [5.74, 6) is -0.959. The number of esters is 2. The minimum Gasteiger partial charge on any atom is -0.465 e. The predicted octanol–water partition coefficient (Wildman–Crippen LogP) is 2.79. The molecule has 0 saturated carbocycles. The highest BCUT2D eigenvalue weighted by molar-refractivity contribution is 6.01. The molecule has 0 heterocycles. The predicted molar refractivity (Wildman–Crippen MR) is 72.4 cm³/mol. The molecule has 4 nitrogen and oxygen atoms in total. The van der Waals surface area contributed by atoms with E-state index in [9.17, 15) is 9.59 Å². The Kier molecular flexibility index (Phi) is 5.33. The van der Waals surface area contributed by atoms with Gasteiger partial charge in [0.05, 0.1) is 13.2 Å². The molecule has 0 N–H and O–H groups in total. The van der Waals surface area contributed by atoms with E-state index < -0.39 is 17.4 Å². The van der Waals surface area contributed by atoms with Crippen LogP contribution < -0.4 is 0 Å². The first kappa shape index (κ1) is 15.5. The van der Waals surface area contributed by atoms with Gasteiger partial charge < -0.3 is 9.47 Å². The maximum atomic E-state index is 12.2. The molecular formula is C15H22O4. The van der Waals surface area contributed by atoms with Gasteiger partial charge in [-0.2, -0.15) is 0 Å². The van der Waals surface area contributed by atoms with Crippen molar-refractivity contribution in [2.45, 2.75) is 40.5 Å². The zero-order valence-electron chi connectivity index (χ0n) is 12.1. The topological polar surface area (TPSA) is 52.6 Å². The molecule has 0 fully saturated rings. The third kappa shape index (κ3) is 3.06. The fourth-order valence-electron chi connectivity index (χ4n) is 2.42. The molecule has 1 aliphatic carbocycles. The molecule has 0 saturated heterocycles. The summed E-state index contributed by atoms with van der Waals surface area (Å²) in [7, 11) is 0. The second-order valence-electron chi connectivity index (χ2n) is 4.68. The lowest BCUT2D eigenvalue weighted by Crippen LogP contribution is -2.40. The molecule has 0 aromatic rings. The van der Waals surface area contributed by atoms with Gasteiger partial charge in [0.1, 0.15) is 0 Å².